The number of aromatic nitrogens is 1. The lowest BCUT2D eigenvalue weighted by atomic mass is 10.4. The highest BCUT2D eigenvalue weighted by Crippen LogP contribution is 1.84. The van der Waals surface area contributed by atoms with Crippen molar-refractivity contribution in [1.29, 1.82) is 0 Å². The van der Waals surface area contributed by atoms with E-state index in [-0.39, 0.29) is 0 Å². The van der Waals surface area contributed by atoms with E-state index in [4.69, 9.17) is 5.11 Å². The van der Waals surface area contributed by atoms with Crippen molar-refractivity contribution < 1.29 is 14.6 Å². The van der Waals surface area contributed by atoms with Crippen molar-refractivity contribution in [3.63, 3.8) is 0 Å². The number of carbonyl (C=O) groups excluding carboxylic acids is 1. The van der Waals surface area contributed by atoms with Crippen molar-refractivity contribution in [1.82, 2.24) is 4.98 Å². The Hall–Kier alpha value is -1.42. The van der Waals surface area contributed by atoms with Gasteiger partial charge in [-0.05, 0) is 26.0 Å². The number of carbonyl (C=O) groups is 1. The van der Waals surface area contributed by atoms with E-state index >= 15 is 0 Å². The molecule has 1 aromatic heterocycles. The van der Waals surface area contributed by atoms with Gasteiger partial charge in [0.2, 0.25) is 0 Å². The summed E-state index contributed by atoms with van der Waals surface area (Å²) in [5.41, 5.74) is 0. The minimum Gasteiger partial charge on any atom is -0.464 e. The first-order chi connectivity index (χ1) is 6.68. The van der Waals surface area contributed by atoms with E-state index in [1.807, 2.05) is 18.2 Å². The zero-order chi connectivity index (χ0) is 10.8. The van der Waals surface area contributed by atoms with E-state index in [1.165, 1.54) is 6.92 Å². The van der Waals surface area contributed by atoms with Gasteiger partial charge in [0.1, 0.15) is 6.10 Å². The lowest BCUT2D eigenvalue weighted by Crippen LogP contribution is -2.18. The standard InChI is InChI=1S/C5H5N.C5H10O3/c1-2-4-6-5-3-1;1-3-8-5(7)4(2)6/h1-5H;4,6H,3H2,1-2H3. The Morgan fingerprint density at radius 2 is 2.00 bits per heavy atom. The molecule has 0 fully saturated rings. The minimum atomic E-state index is -0.991. The average molecular weight is 197 g/mol. The second-order valence-electron chi connectivity index (χ2n) is 2.45. The van der Waals surface area contributed by atoms with Crippen LogP contribution in [0.15, 0.2) is 30.6 Å². The van der Waals surface area contributed by atoms with E-state index in [0.717, 1.165) is 0 Å². The van der Waals surface area contributed by atoms with Crippen LogP contribution in [0.3, 0.4) is 0 Å². The molecule has 0 aromatic carbocycles. The number of hydrogen-bond acceptors (Lipinski definition) is 4. The van der Waals surface area contributed by atoms with Gasteiger partial charge >= 0.3 is 5.97 Å². The maximum absolute atomic E-state index is 10.3. The van der Waals surface area contributed by atoms with Gasteiger partial charge in [0.25, 0.3) is 0 Å². The zero-order valence-corrected chi connectivity index (χ0v) is 8.38. The van der Waals surface area contributed by atoms with Crippen molar-refractivity contribution in [2.45, 2.75) is 20.0 Å². The first-order valence-corrected chi connectivity index (χ1v) is 4.38. The topological polar surface area (TPSA) is 59.4 Å². The van der Waals surface area contributed by atoms with Gasteiger partial charge in [-0.2, -0.15) is 0 Å². The van der Waals surface area contributed by atoms with E-state index in [0.29, 0.717) is 6.61 Å². The number of hydrogen-bond donors (Lipinski definition) is 1. The quantitative estimate of drug-likeness (QED) is 0.719. The zero-order valence-electron chi connectivity index (χ0n) is 8.38. The summed E-state index contributed by atoms with van der Waals surface area (Å²) in [7, 11) is 0. The first-order valence-electron chi connectivity index (χ1n) is 4.38. The third-order valence-electron chi connectivity index (χ3n) is 1.19. The van der Waals surface area contributed by atoms with Crippen molar-refractivity contribution in [2.75, 3.05) is 6.61 Å². The number of esters is 1. The fourth-order valence-electron chi connectivity index (χ4n) is 0.575. The van der Waals surface area contributed by atoms with Crippen LogP contribution in [-0.4, -0.2) is 28.8 Å². The SMILES string of the molecule is CCOC(=O)C(C)O.c1ccncc1. The molecular weight excluding hydrogens is 182 g/mol. The fourth-order valence-corrected chi connectivity index (χ4v) is 0.575. The van der Waals surface area contributed by atoms with Crippen molar-refractivity contribution in [3.8, 4) is 0 Å². The number of aliphatic hydroxyl groups excluding tert-OH is 1. The summed E-state index contributed by atoms with van der Waals surface area (Å²) in [5, 5.41) is 8.48. The molecule has 4 nitrogen and oxygen atoms in total. The number of rotatable bonds is 2. The van der Waals surface area contributed by atoms with Crippen LogP contribution in [0.1, 0.15) is 13.8 Å². The van der Waals surface area contributed by atoms with Crippen LogP contribution in [0.4, 0.5) is 0 Å². The molecule has 0 saturated heterocycles. The highest BCUT2D eigenvalue weighted by molar-refractivity contribution is 5.73. The second-order valence-corrected chi connectivity index (χ2v) is 2.45. The fraction of sp³-hybridized carbons (Fsp3) is 0.400. The summed E-state index contributed by atoms with van der Waals surface area (Å²) in [6.07, 6.45) is 2.51. The molecule has 4 heteroatoms. The molecule has 1 aromatic rings. The molecule has 0 amide bonds. The van der Waals surface area contributed by atoms with Crippen LogP contribution in [-0.2, 0) is 9.53 Å². The minimum absolute atomic E-state index is 0.323. The Bertz CT molecular complexity index is 210. The number of pyridine rings is 1. The van der Waals surface area contributed by atoms with Gasteiger partial charge in [-0.25, -0.2) is 4.79 Å². The Kier molecular flexibility index (Phi) is 7.36. The van der Waals surface area contributed by atoms with Gasteiger partial charge in [-0.15, -0.1) is 0 Å². The molecular formula is C10H15NO3. The van der Waals surface area contributed by atoms with E-state index < -0.39 is 12.1 Å². The van der Waals surface area contributed by atoms with Gasteiger partial charge in [-0.1, -0.05) is 6.07 Å². The maximum Gasteiger partial charge on any atom is 0.334 e. The molecule has 0 bridgehead atoms. The highest BCUT2D eigenvalue weighted by Gasteiger charge is 2.07. The maximum atomic E-state index is 10.3. The van der Waals surface area contributed by atoms with Gasteiger partial charge in [0.15, 0.2) is 0 Å². The summed E-state index contributed by atoms with van der Waals surface area (Å²) in [5.74, 6) is -0.562. The highest BCUT2D eigenvalue weighted by atomic mass is 16.5. The van der Waals surface area contributed by atoms with Crippen molar-refractivity contribution >= 4 is 5.97 Å². The van der Waals surface area contributed by atoms with Gasteiger partial charge < -0.3 is 9.84 Å². The lowest BCUT2D eigenvalue weighted by molar-refractivity contribution is -0.151. The predicted molar refractivity (Wildman–Crippen MR) is 52.6 cm³/mol. The smallest absolute Gasteiger partial charge is 0.334 e. The molecule has 78 valence electrons. The van der Waals surface area contributed by atoms with Crippen LogP contribution in [0, 0.1) is 0 Å². The molecule has 0 radical (unpaired) electrons. The van der Waals surface area contributed by atoms with E-state index in [1.54, 1.807) is 19.3 Å². The first kappa shape index (κ1) is 12.6. The normalized spacial score (nSPS) is 10.8. The summed E-state index contributed by atoms with van der Waals surface area (Å²) in [6.45, 7) is 3.39. The third-order valence-corrected chi connectivity index (χ3v) is 1.19. The predicted octanol–water partition coefficient (Wildman–Crippen LogP) is 1.01. The Balaban J connectivity index is 0.000000249. The molecule has 0 aliphatic carbocycles. The molecule has 0 aliphatic heterocycles. The van der Waals surface area contributed by atoms with E-state index in [2.05, 4.69) is 9.72 Å². The van der Waals surface area contributed by atoms with E-state index in [9.17, 15) is 4.79 Å². The lowest BCUT2D eigenvalue weighted by Gasteiger charge is -2.01. The summed E-state index contributed by atoms with van der Waals surface area (Å²) in [4.78, 5) is 14.1. The molecule has 1 atom stereocenters. The number of ether oxygens (including phenoxy) is 1. The Morgan fingerprint density at radius 3 is 2.14 bits per heavy atom. The molecule has 0 aliphatic rings. The molecule has 0 saturated carbocycles. The van der Waals surface area contributed by atoms with Crippen LogP contribution >= 0.6 is 0 Å². The largest absolute Gasteiger partial charge is 0.464 e. The summed E-state index contributed by atoms with van der Waals surface area (Å²) in [6, 6.07) is 5.72. The van der Waals surface area contributed by atoms with Gasteiger partial charge in [0.05, 0.1) is 6.61 Å². The number of aliphatic hydroxyl groups is 1. The van der Waals surface area contributed by atoms with Crippen molar-refractivity contribution in [2.24, 2.45) is 0 Å². The van der Waals surface area contributed by atoms with Crippen LogP contribution in [0.2, 0.25) is 0 Å². The van der Waals surface area contributed by atoms with Crippen molar-refractivity contribution in [3.05, 3.63) is 30.6 Å². The molecule has 1 heterocycles. The Labute approximate surface area is 83.6 Å². The summed E-state index contributed by atoms with van der Waals surface area (Å²) < 4.78 is 4.41. The molecule has 0 spiro atoms. The van der Waals surface area contributed by atoms with Crippen LogP contribution in [0.25, 0.3) is 0 Å². The molecule has 14 heavy (non-hydrogen) atoms. The molecule has 1 N–H and O–H groups in total. The third kappa shape index (κ3) is 7.24. The van der Waals surface area contributed by atoms with Crippen LogP contribution < -0.4 is 0 Å². The Morgan fingerprint density at radius 1 is 1.43 bits per heavy atom. The average Bonchev–Trinajstić information content (AvgIpc) is 2.21. The number of nitrogens with zero attached hydrogens (tertiary/aromatic N) is 1. The van der Waals surface area contributed by atoms with Crippen LogP contribution in [0.5, 0.6) is 0 Å². The molecule has 1 unspecified atom stereocenters. The molecule has 1 rings (SSSR count). The monoisotopic (exact) mass is 197 g/mol. The summed E-state index contributed by atoms with van der Waals surface area (Å²) >= 11 is 0. The second kappa shape index (κ2) is 8.19. The van der Waals surface area contributed by atoms with Gasteiger partial charge in [0, 0.05) is 12.4 Å². The van der Waals surface area contributed by atoms with Gasteiger partial charge in [-0.3, -0.25) is 4.98 Å².